The number of benzene rings is 3. The van der Waals surface area contributed by atoms with Crippen molar-refractivity contribution in [2.24, 2.45) is 0 Å². The van der Waals surface area contributed by atoms with E-state index in [0.29, 0.717) is 16.8 Å². The number of ketones is 1. The molecule has 0 bridgehead atoms. The Morgan fingerprint density at radius 2 is 1.48 bits per heavy atom. The number of nitrogens with zero attached hydrogens (tertiary/aromatic N) is 1. The Hall–Kier alpha value is -3.38. The van der Waals surface area contributed by atoms with Gasteiger partial charge < -0.3 is 10.2 Å². The Bertz CT molecular complexity index is 1110. The van der Waals surface area contributed by atoms with Crippen LogP contribution < -0.4 is 4.90 Å². The van der Waals surface area contributed by atoms with Gasteiger partial charge in [0.05, 0.1) is 11.6 Å². The van der Waals surface area contributed by atoms with Crippen molar-refractivity contribution in [1.82, 2.24) is 0 Å². The lowest BCUT2D eigenvalue weighted by molar-refractivity contribution is -0.132. The SMILES string of the molecule is O=C1C(=O)N(c2ccc(O)cc2)C(c2ccc(Br)cc2)C1=C(O)c1ccccc1. The van der Waals surface area contributed by atoms with Gasteiger partial charge in [0.15, 0.2) is 0 Å². The van der Waals surface area contributed by atoms with Crippen molar-refractivity contribution in [2.75, 3.05) is 4.90 Å². The summed E-state index contributed by atoms with van der Waals surface area (Å²) in [4.78, 5) is 27.2. The van der Waals surface area contributed by atoms with E-state index >= 15 is 0 Å². The van der Waals surface area contributed by atoms with Crippen molar-refractivity contribution in [3.8, 4) is 5.75 Å². The summed E-state index contributed by atoms with van der Waals surface area (Å²) in [5.41, 5.74) is 1.61. The number of hydrogen-bond donors (Lipinski definition) is 2. The zero-order valence-electron chi connectivity index (χ0n) is 15.1. The lowest BCUT2D eigenvalue weighted by Gasteiger charge is -2.25. The van der Waals surface area contributed by atoms with Gasteiger partial charge in [-0.3, -0.25) is 14.5 Å². The van der Waals surface area contributed by atoms with Crippen LogP contribution in [0.4, 0.5) is 5.69 Å². The molecule has 0 saturated carbocycles. The van der Waals surface area contributed by atoms with Gasteiger partial charge in [0.2, 0.25) is 0 Å². The Labute approximate surface area is 175 Å². The Kier molecular flexibility index (Phi) is 4.94. The van der Waals surface area contributed by atoms with Crippen LogP contribution in [-0.2, 0) is 9.59 Å². The predicted octanol–water partition coefficient (Wildman–Crippen LogP) is 4.78. The molecule has 1 saturated heterocycles. The smallest absolute Gasteiger partial charge is 0.300 e. The number of phenols is 1. The molecule has 5 nitrogen and oxygen atoms in total. The molecule has 0 aliphatic carbocycles. The molecular weight excluding hydrogens is 434 g/mol. The fourth-order valence-electron chi connectivity index (χ4n) is 3.42. The minimum absolute atomic E-state index is 0.0246. The van der Waals surface area contributed by atoms with Crippen LogP contribution in [0.25, 0.3) is 5.76 Å². The second-order valence-electron chi connectivity index (χ2n) is 6.60. The highest BCUT2D eigenvalue weighted by Gasteiger charge is 2.46. The number of Topliss-reactive ketones (excluding diaryl/α,β-unsaturated/α-hetero) is 1. The molecule has 1 aliphatic heterocycles. The second kappa shape index (κ2) is 7.56. The number of rotatable bonds is 3. The standard InChI is InChI=1S/C23H16BrNO4/c24-16-8-6-14(7-9-16)20-19(21(27)15-4-2-1-3-5-15)22(28)23(29)25(20)17-10-12-18(26)13-11-17/h1-13,20,26-27H. The van der Waals surface area contributed by atoms with Crippen molar-refractivity contribution in [1.29, 1.82) is 0 Å². The maximum atomic E-state index is 13.0. The van der Waals surface area contributed by atoms with E-state index in [1.54, 1.807) is 54.6 Å². The number of aliphatic hydroxyl groups is 1. The quantitative estimate of drug-likeness (QED) is 0.342. The number of carbonyl (C=O) groups is 2. The third-order valence-electron chi connectivity index (χ3n) is 4.81. The maximum absolute atomic E-state index is 13.0. The van der Waals surface area contributed by atoms with Crippen LogP contribution in [0.2, 0.25) is 0 Å². The first-order chi connectivity index (χ1) is 14.0. The minimum atomic E-state index is -0.798. The molecule has 1 heterocycles. The van der Waals surface area contributed by atoms with E-state index in [1.165, 1.54) is 17.0 Å². The Balaban J connectivity index is 1.94. The van der Waals surface area contributed by atoms with Gasteiger partial charge in [-0.15, -0.1) is 0 Å². The Morgan fingerprint density at radius 3 is 2.10 bits per heavy atom. The number of anilines is 1. The molecule has 1 amide bonds. The van der Waals surface area contributed by atoms with E-state index in [1.807, 2.05) is 12.1 Å². The molecule has 1 unspecified atom stereocenters. The third-order valence-corrected chi connectivity index (χ3v) is 5.33. The van der Waals surface area contributed by atoms with Gasteiger partial charge in [0.25, 0.3) is 11.7 Å². The highest BCUT2D eigenvalue weighted by atomic mass is 79.9. The highest BCUT2D eigenvalue weighted by molar-refractivity contribution is 9.10. The number of phenolic OH excluding ortho intramolecular Hbond substituents is 1. The van der Waals surface area contributed by atoms with Crippen LogP contribution in [0.5, 0.6) is 5.75 Å². The van der Waals surface area contributed by atoms with Crippen molar-refractivity contribution in [3.05, 3.63) is 100 Å². The van der Waals surface area contributed by atoms with Crippen molar-refractivity contribution in [3.63, 3.8) is 0 Å². The summed E-state index contributed by atoms with van der Waals surface area (Å²) in [7, 11) is 0. The molecule has 4 rings (SSSR count). The zero-order chi connectivity index (χ0) is 20.5. The van der Waals surface area contributed by atoms with Crippen LogP contribution in [0, 0.1) is 0 Å². The van der Waals surface area contributed by atoms with Crippen LogP contribution in [0.1, 0.15) is 17.2 Å². The van der Waals surface area contributed by atoms with Crippen molar-refractivity contribution < 1.29 is 19.8 Å². The molecule has 3 aromatic carbocycles. The molecule has 3 aromatic rings. The van der Waals surface area contributed by atoms with Gasteiger partial charge in [-0.2, -0.15) is 0 Å². The summed E-state index contributed by atoms with van der Waals surface area (Å²) in [6.07, 6.45) is 0. The van der Waals surface area contributed by atoms with E-state index in [-0.39, 0.29) is 17.1 Å². The fraction of sp³-hybridized carbons (Fsp3) is 0.0435. The largest absolute Gasteiger partial charge is 0.508 e. The summed E-state index contributed by atoms with van der Waals surface area (Å²) in [5, 5.41) is 20.5. The number of halogens is 1. The Morgan fingerprint density at radius 1 is 0.862 bits per heavy atom. The third kappa shape index (κ3) is 3.43. The number of aromatic hydroxyl groups is 1. The summed E-state index contributed by atoms with van der Waals surface area (Å²) in [6, 6.07) is 21.1. The number of aliphatic hydroxyl groups excluding tert-OH is 1. The molecular formula is C23H16BrNO4. The highest BCUT2D eigenvalue weighted by Crippen LogP contribution is 2.42. The van der Waals surface area contributed by atoms with E-state index in [0.717, 1.165) is 4.47 Å². The molecule has 144 valence electrons. The van der Waals surface area contributed by atoms with Crippen LogP contribution in [-0.4, -0.2) is 21.9 Å². The summed E-state index contributed by atoms with van der Waals surface area (Å²) >= 11 is 3.39. The fourth-order valence-corrected chi connectivity index (χ4v) is 3.69. The lowest BCUT2D eigenvalue weighted by atomic mass is 9.95. The molecule has 1 aliphatic rings. The average molecular weight is 450 g/mol. The maximum Gasteiger partial charge on any atom is 0.300 e. The first-order valence-electron chi connectivity index (χ1n) is 8.88. The van der Waals surface area contributed by atoms with Gasteiger partial charge in [-0.1, -0.05) is 58.4 Å². The van der Waals surface area contributed by atoms with E-state index < -0.39 is 17.7 Å². The first kappa shape index (κ1) is 19.0. The normalized spacial score (nSPS) is 18.2. The van der Waals surface area contributed by atoms with Crippen LogP contribution in [0.15, 0.2) is 88.9 Å². The number of amides is 1. The molecule has 2 N–H and O–H groups in total. The van der Waals surface area contributed by atoms with Crippen LogP contribution in [0.3, 0.4) is 0 Å². The summed E-state index contributed by atoms with van der Waals surface area (Å²) in [5.74, 6) is -1.67. The topological polar surface area (TPSA) is 77.8 Å². The van der Waals surface area contributed by atoms with Crippen LogP contribution >= 0.6 is 15.9 Å². The van der Waals surface area contributed by atoms with Gasteiger partial charge in [-0.05, 0) is 42.0 Å². The summed E-state index contributed by atoms with van der Waals surface area (Å²) < 4.78 is 0.853. The summed E-state index contributed by atoms with van der Waals surface area (Å²) in [6.45, 7) is 0. The van der Waals surface area contributed by atoms with E-state index in [4.69, 9.17) is 0 Å². The van der Waals surface area contributed by atoms with Gasteiger partial charge in [-0.25, -0.2) is 0 Å². The molecule has 0 aromatic heterocycles. The van der Waals surface area contributed by atoms with E-state index in [2.05, 4.69) is 15.9 Å². The molecule has 0 spiro atoms. The number of hydrogen-bond acceptors (Lipinski definition) is 4. The molecule has 1 fully saturated rings. The van der Waals surface area contributed by atoms with Gasteiger partial charge >= 0.3 is 0 Å². The molecule has 29 heavy (non-hydrogen) atoms. The predicted molar refractivity (Wildman–Crippen MR) is 113 cm³/mol. The van der Waals surface area contributed by atoms with Gasteiger partial charge in [0.1, 0.15) is 11.5 Å². The average Bonchev–Trinajstić information content (AvgIpc) is 3.00. The second-order valence-corrected chi connectivity index (χ2v) is 7.52. The van der Waals surface area contributed by atoms with E-state index in [9.17, 15) is 19.8 Å². The molecule has 1 atom stereocenters. The first-order valence-corrected chi connectivity index (χ1v) is 9.67. The zero-order valence-corrected chi connectivity index (χ0v) is 16.7. The van der Waals surface area contributed by atoms with Gasteiger partial charge in [0, 0.05) is 15.7 Å². The molecule has 0 radical (unpaired) electrons. The van der Waals surface area contributed by atoms with Crippen molar-refractivity contribution >= 4 is 39.1 Å². The van der Waals surface area contributed by atoms with Crippen molar-refractivity contribution in [2.45, 2.75) is 6.04 Å². The molecule has 6 heteroatoms. The number of carbonyl (C=O) groups excluding carboxylic acids is 2. The monoisotopic (exact) mass is 449 g/mol. The minimum Gasteiger partial charge on any atom is -0.508 e. The lowest BCUT2D eigenvalue weighted by Crippen LogP contribution is -2.29.